The van der Waals surface area contributed by atoms with Crippen molar-refractivity contribution < 1.29 is 4.79 Å². The van der Waals surface area contributed by atoms with Crippen LogP contribution in [-0.2, 0) is 0 Å². The van der Waals surface area contributed by atoms with E-state index in [1.165, 1.54) is 6.33 Å². The second-order valence-corrected chi connectivity index (χ2v) is 3.28. The summed E-state index contributed by atoms with van der Waals surface area (Å²) in [6.07, 6.45) is 4.09. The van der Waals surface area contributed by atoms with Gasteiger partial charge in [-0.25, -0.2) is 4.98 Å². The highest BCUT2D eigenvalue weighted by Gasteiger charge is 2.18. The van der Waals surface area contributed by atoms with Gasteiger partial charge < -0.3 is 9.88 Å². The van der Waals surface area contributed by atoms with Crippen LogP contribution >= 0.6 is 0 Å². The Morgan fingerprint density at radius 2 is 2.14 bits per heavy atom. The van der Waals surface area contributed by atoms with Gasteiger partial charge in [-0.2, -0.15) is 0 Å². The molecule has 1 saturated heterocycles. The minimum absolute atomic E-state index is 0.134. The predicted octanol–water partition coefficient (Wildman–Crippen LogP) is 0.183. The van der Waals surface area contributed by atoms with Crippen LogP contribution in [0.2, 0.25) is 0 Å². The first kappa shape index (κ1) is 8.93. The average molecular weight is 193 g/mol. The Morgan fingerprint density at radius 1 is 1.43 bits per heavy atom. The van der Waals surface area contributed by atoms with Crippen LogP contribution < -0.4 is 10.5 Å². The Bertz CT molecular complexity index is 393. The van der Waals surface area contributed by atoms with Gasteiger partial charge >= 0.3 is 0 Å². The summed E-state index contributed by atoms with van der Waals surface area (Å²) >= 11 is 0. The van der Waals surface area contributed by atoms with Crippen LogP contribution in [0.25, 0.3) is 0 Å². The molecule has 2 heterocycles. The molecule has 0 radical (unpaired) electrons. The molecule has 0 atom stereocenters. The number of carbonyl (C=O) groups excluding carboxylic acids is 1. The van der Waals surface area contributed by atoms with Gasteiger partial charge in [-0.3, -0.25) is 9.59 Å². The number of anilines is 1. The number of H-pyrrole nitrogens is 1. The third-order valence-electron chi connectivity index (χ3n) is 2.39. The lowest BCUT2D eigenvalue weighted by atomic mass is 10.3. The number of nitrogens with zero attached hydrogens (tertiary/aromatic N) is 2. The molecule has 2 rings (SSSR count). The molecule has 0 spiro atoms. The van der Waals surface area contributed by atoms with Crippen LogP contribution in [0.3, 0.4) is 0 Å². The fourth-order valence-electron chi connectivity index (χ4n) is 1.69. The zero-order chi connectivity index (χ0) is 9.97. The summed E-state index contributed by atoms with van der Waals surface area (Å²) in [5.74, 6) is 0.515. The minimum atomic E-state index is -0.364. The van der Waals surface area contributed by atoms with Gasteiger partial charge in [0.25, 0.3) is 5.56 Å². The SMILES string of the molecule is O=Cc1c(N2CCCC2)nc[nH]c1=O. The lowest BCUT2D eigenvalue weighted by molar-refractivity contribution is 0.112. The molecule has 5 nitrogen and oxygen atoms in total. The number of aldehydes is 1. The molecule has 0 aliphatic carbocycles. The van der Waals surface area contributed by atoms with Gasteiger partial charge in [0.05, 0.1) is 6.33 Å². The van der Waals surface area contributed by atoms with E-state index in [4.69, 9.17) is 0 Å². The van der Waals surface area contributed by atoms with E-state index in [0.717, 1.165) is 25.9 Å². The molecule has 0 aromatic carbocycles. The van der Waals surface area contributed by atoms with Crippen molar-refractivity contribution >= 4 is 12.1 Å². The maximum absolute atomic E-state index is 11.3. The summed E-state index contributed by atoms with van der Waals surface area (Å²) in [7, 11) is 0. The Hall–Kier alpha value is -1.65. The van der Waals surface area contributed by atoms with Crippen LogP contribution in [0.4, 0.5) is 5.82 Å². The summed E-state index contributed by atoms with van der Waals surface area (Å²) in [6.45, 7) is 1.74. The van der Waals surface area contributed by atoms with Crippen molar-refractivity contribution in [1.29, 1.82) is 0 Å². The van der Waals surface area contributed by atoms with Gasteiger partial charge in [-0.05, 0) is 12.8 Å². The van der Waals surface area contributed by atoms with Gasteiger partial charge in [0.1, 0.15) is 11.4 Å². The van der Waals surface area contributed by atoms with Crippen molar-refractivity contribution in [3.63, 3.8) is 0 Å². The van der Waals surface area contributed by atoms with E-state index in [-0.39, 0.29) is 11.1 Å². The Balaban J connectivity index is 2.45. The second kappa shape index (κ2) is 3.61. The van der Waals surface area contributed by atoms with E-state index in [9.17, 15) is 9.59 Å². The summed E-state index contributed by atoms with van der Waals surface area (Å²) in [5.41, 5.74) is -0.230. The van der Waals surface area contributed by atoms with E-state index in [0.29, 0.717) is 12.1 Å². The molecule has 1 N–H and O–H groups in total. The van der Waals surface area contributed by atoms with Crippen LogP contribution in [0.1, 0.15) is 23.2 Å². The molecule has 0 amide bonds. The van der Waals surface area contributed by atoms with Crippen LogP contribution in [0, 0.1) is 0 Å². The third kappa shape index (κ3) is 1.41. The molecular formula is C9H11N3O2. The molecule has 1 aliphatic rings. The zero-order valence-corrected chi connectivity index (χ0v) is 7.69. The summed E-state index contributed by atoms with van der Waals surface area (Å²) in [5, 5.41) is 0. The number of nitrogens with one attached hydrogen (secondary N) is 1. The number of hydrogen-bond donors (Lipinski definition) is 1. The largest absolute Gasteiger partial charge is 0.356 e. The molecule has 1 aromatic heterocycles. The lowest BCUT2D eigenvalue weighted by Gasteiger charge is -2.16. The molecule has 5 heteroatoms. The summed E-state index contributed by atoms with van der Waals surface area (Å²) in [4.78, 5) is 30.4. The minimum Gasteiger partial charge on any atom is -0.356 e. The highest BCUT2D eigenvalue weighted by atomic mass is 16.1. The van der Waals surface area contributed by atoms with Gasteiger partial charge in [-0.15, -0.1) is 0 Å². The topological polar surface area (TPSA) is 66.1 Å². The molecule has 1 aromatic rings. The normalized spacial score (nSPS) is 15.9. The zero-order valence-electron chi connectivity index (χ0n) is 7.69. The van der Waals surface area contributed by atoms with Crippen molar-refractivity contribution in [2.24, 2.45) is 0 Å². The molecule has 14 heavy (non-hydrogen) atoms. The maximum atomic E-state index is 11.3. The van der Waals surface area contributed by atoms with Crippen molar-refractivity contribution in [2.75, 3.05) is 18.0 Å². The Kier molecular flexibility index (Phi) is 2.30. The fraction of sp³-hybridized carbons (Fsp3) is 0.444. The molecule has 1 aliphatic heterocycles. The highest BCUT2D eigenvalue weighted by molar-refractivity contribution is 5.82. The average Bonchev–Trinajstić information content (AvgIpc) is 2.70. The second-order valence-electron chi connectivity index (χ2n) is 3.28. The standard InChI is InChI=1S/C9H11N3O2/c13-5-7-8(10-6-11-9(7)14)12-3-1-2-4-12/h5-6H,1-4H2,(H,10,11,14). The lowest BCUT2D eigenvalue weighted by Crippen LogP contribution is -2.25. The number of rotatable bonds is 2. The van der Waals surface area contributed by atoms with E-state index in [2.05, 4.69) is 9.97 Å². The smallest absolute Gasteiger partial charge is 0.263 e. The number of aromatic nitrogens is 2. The fourth-order valence-corrected chi connectivity index (χ4v) is 1.69. The Labute approximate surface area is 80.8 Å². The molecule has 0 saturated carbocycles. The van der Waals surface area contributed by atoms with Crippen molar-refractivity contribution in [3.05, 3.63) is 22.2 Å². The Morgan fingerprint density at radius 3 is 2.79 bits per heavy atom. The molecule has 0 bridgehead atoms. The van der Waals surface area contributed by atoms with Gasteiger partial charge in [0, 0.05) is 13.1 Å². The molecule has 0 unspecified atom stereocenters. The first-order valence-electron chi connectivity index (χ1n) is 4.61. The van der Waals surface area contributed by atoms with Crippen LogP contribution in [0.15, 0.2) is 11.1 Å². The molecule has 1 fully saturated rings. The van der Waals surface area contributed by atoms with Gasteiger partial charge in [0.2, 0.25) is 0 Å². The van der Waals surface area contributed by atoms with Crippen molar-refractivity contribution in [2.45, 2.75) is 12.8 Å². The van der Waals surface area contributed by atoms with E-state index < -0.39 is 0 Å². The maximum Gasteiger partial charge on any atom is 0.263 e. The van der Waals surface area contributed by atoms with Crippen molar-refractivity contribution in [1.82, 2.24) is 9.97 Å². The number of hydrogen-bond acceptors (Lipinski definition) is 4. The third-order valence-corrected chi connectivity index (χ3v) is 2.39. The van der Waals surface area contributed by atoms with E-state index in [1.54, 1.807) is 0 Å². The molecular weight excluding hydrogens is 182 g/mol. The summed E-state index contributed by atoms with van der Waals surface area (Å²) in [6, 6.07) is 0. The van der Waals surface area contributed by atoms with E-state index >= 15 is 0 Å². The predicted molar refractivity (Wildman–Crippen MR) is 51.7 cm³/mol. The monoisotopic (exact) mass is 193 g/mol. The molecule has 74 valence electrons. The van der Waals surface area contributed by atoms with Crippen LogP contribution in [-0.4, -0.2) is 29.3 Å². The first-order chi connectivity index (χ1) is 6.83. The van der Waals surface area contributed by atoms with Gasteiger partial charge in [-0.1, -0.05) is 0 Å². The number of carbonyl (C=O) groups is 1. The van der Waals surface area contributed by atoms with E-state index in [1.807, 2.05) is 4.90 Å². The number of aromatic amines is 1. The van der Waals surface area contributed by atoms with Crippen LogP contribution in [0.5, 0.6) is 0 Å². The quantitative estimate of drug-likeness (QED) is 0.680. The first-order valence-corrected chi connectivity index (χ1v) is 4.61. The van der Waals surface area contributed by atoms with Gasteiger partial charge in [0.15, 0.2) is 6.29 Å². The van der Waals surface area contributed by atoms with Crippen molar-refractivity contribution in [3.8, 4) is 0 Å². The highest BCUT2D eigenvalue weighted by Crippen LogP contribution is 2.17. The summed E-state index contributed by atoms with van der Waals surface area (Å²) < 4.78 is 0.